The van der Waals surface area contributed by atoms with Crippen molar-refractivity contribution in [1.82, 2.24) is 0 Å². The van der Waals surface area contributed by atoms with Crippen LogP contribution in [0.3, 0.4) is 0 Å². The molecule has 2 atom stereocenters. The minimum Gasteiger partial charge on any atom is -0.478 e. The van der Waals surface area contributed by atoms with E-state index in [2.05, 4.69) is 46.0 Å². The minimum absolute atomic E-state index is 0.275. The van der Waals surface area contributed by atoms with E-state index in [-0.39, 0.29) is 10.8 Å². The first kappa shape index (κ1) is 17.8. The van der Waals surface area contributed by atoms with Crippen molar-refractivity contribution in [3.63, 3.8) is 0 Å². The van der Waals surface area contributed by atoms with Crippen LogP contribution in [0.1, 0.15) is 95.6 Å². The molecule has 0 radical (unpaired) electrons. The third kappa shape index (κ3) is 2.72. The fourth-order valence-corrected chi connectivity index (χ4v) is 6.56. The van der Waals surface area contributed by atoms with Crippen LogP contribution < -0.4 is 0 Å². The first-order valence-electron chi connectivity index (χ1n) is 9.59. The van der Waals surface area contributed by atoms with Crippen LogP contribution in [0, 0.1) is 6.92 Å². The second-order valence-corrected chi connectivity index (χ2v) is 10.5. The molecule has 2 aliphatic carbocycles. The molecule has 26 heavy (non-hydrogen) atoms. The number of carboxylic acid groups (broad SMARTS) is 1. The molecule has 2 aliphatic rings. The first-order valence-corrected chi connectivity index (χ1v) is 10.4. The molecule has 1 heterocycles. The third-order valence-corrected chi connectivity index (χ3v) is 8.35. The van der Waals surface area contributed by atoms with E-state index in [0.29, 0.717) is 17.4 Å². The lowest BCUT2D eigenvalue weighted by Crippen LogP contribution is -2.32. The number of hydrogen-bond donors (Lipinski definition) is 1. The number of carbonyl (C=O) groups is 1. The number of aromatic carboxylic acids is 1. The van der Waals surface area contributed by atoms with Crippen LogP contribution in [-0.2, 0) is 10.8 Å². The summed E-state index contributed by atoms with van der Waals surface area (Å²) in [5, 5.41) is 9.09. The van der Waals surface area contributed by atoms with Gasteiger partial charge in [0.1, 0.15) is 0 Å². The Morgan fingerprint density at radius 1 is 1.04 bits per heavy atom. The van der Waals surface area contributed by atoms with E-state index >= 15 is 0 Å². The molecule has 4 rings (SSSR count). The molecule has 1 aromatic carbocycles. The van der Waals surface area contributed by atoms with E-state index in [1.807, 2.05) is 12.1 Å². The summed E-state index contributed by atoms with van der Waals surface area (Å²) in [6, 6.07) is 7.49. The van der Waals surface area contributed by atoms with Gasteiger partial charge >= 0.3 is 5.97 Å². The molecule has 1 N–H and O–H groups in total. The lowest BCUT2D eigenvalue weighted by atomic mass is 9.66. The molecule has 0 spiro atoms. The molecular weight excluding hydrogens is 340 g/mol. The maximum atomic E-state index is 11.1. The summed E-state index contributed by atoms with van der Waals surface area (Å²) in [6.45, 7) is 11.9. The van der Waals surface area contributed by atoms with Crippen LogP contribution in [0.25, 0.3) is 0 Å². The van der Waals surface area contributed by atoms with Crippen LogP contribution in [-0.4, -0.2) is 11.1 Å². The molecule has 0 bridgehead atoms. The lowest BCUT2D eigenvalue weighted by molar-refractivity contribution is 0.0697. The number of benzene rings is 1. The zero-order valence-corrected chi connectivity index (χ0v) is 17.2. The molecule has 3 heteroatoms. The highest BCUT2D eigenvalue weighted by Crippen LogP contribution is 2.61. The number of carboxylic acids is 1. The number of hydrogen-bond acceptors (Lipinski definition) is 2. The SMILES string of the molecule is Cc1c(C2CC2c2ccc(C(=O)O)cc2)sc2c1C(C)(C)CCC2(C)C. The predicted octanol–water partition coefficient (Wildman–Crippen LogP) is 6.37. The Hall–Kier alpha value is -1.61. The zero-order chi connectivity index (χ0) is 18.9. The maximum Gasteiger partial charge on any atom is 0.335 e. The maximum absolute atomic E-state index is 11.1. The van der Waals surface area contributed by atoms with E-state index in [1.54, 1.807) is 27.5 Å². The number of fused-ring (bicyclic) bond motifs is 1. The van der Waals surface area contributed by atoms with Crippen LogP contribution >= 0.6 is 11.3 Å². The van der Waals surface area contributed by atoms with E-state index in [0.717, 1.165) is 0 Å². The van der Waals surface area contributed by atoms with Crippen molar-refractivity contribution < 1.29 is 9.90 Å². The van der Waals surface area contributed by atoms with E-state index < -0.39 is 5.97 Å². The second kappa shape index (κ2) is 5.69. The summed E-state index contributed by atoms with van der Waals surface area (Å²) < 4.78 is 0. The van der Waals surface area contributed by atoms with E-state index in [9.17, 15) is 4.79 Å². The fraction of sp³-hybridized carbons (Fsp3) is 0.522. The van der Waals surface area contributed by atoms with Gasteiger partial charge in [-0.15, -0.1) is 11.3 Å². The summed E-state index contributed by atoms with van der Waals surface area (Å²) in [7, 11) is 0. The lowest BCUT2D eigenvalue weighted by Gasteiger charge is -2.39. The van der Waals surface area contributed by atoms with Crippen molar-refractivity contribution in [2.45, 2.75) is 76.5 Å². The van der Waals surface area contributed by atoms with Crippen molar-refractivity contribution in [3.05, 3.63) is 56.3 Å². The van der Waals surface area contributed by atoms with Gasteiger partial charge in [-0.3, -0.25) is 0 Å². The largest absolute Gasteiger partial charge is 0.478 e. The zero-order valence-electron chi connectivity index (χ0n) is 16.3. The van der Waals surface area contributed by atoms with Gasteiger partial charge in [0.25, 0.3) is 0 Å². The van der Waals surface area contributed by atoms with Gasteiger partial charge in [-0.25, -0.2) is 4.79 Å². The number of rotatable bonds is 3. The van der Waals surface area contributed by atoms with Gasteiger partial charge in [0.05, 0.1) is 5.56 Å². The van der Waals surface area contributed by atoms with Crippen LogP contribution in [0.4, 0.5) is 0 Å². The Bertz CT molecular complexity index is 870. The van der Waals surface area contributed by atoms with Gasteiger partial charge in [0.15, 0.2) is 0 Å². The molecule has 1 saturated carbocycles. The summed E-state index contributed by atoms with van der Waals surface area (Å²) in [5.74, 6) is 0.297. The molecule has 2 nitrogen and oxygen atoms in total. The summed E-state index contributed by atoms with van der Waals surface area (Å²) >= 11 is 2.05. The smallest absolute Gasteiger partial charge is 0.335 e. The fourth-order valence-electron chi connectivity index (χ4n) is 4.77. The Kier molecular flexibility index (Phi) is 3.89. The van der Waals surface area contributed by atoms with Crippen molar-refractivity contribution in [2.75, 3.05) is 0 Å². The normalized spacial score (nSPS) is 25.6. The quantitative estimate of drug-likeness (QED) is 0.683. The second-order valence-electron chi connectivity index (χ2n) is 9.44. The average Bonchev–Trinajstić information content (AvgIpc) is 3.28. The van der Waals surface area contributed by atoms with Crippen LogP contribution in [0.5, 0.6) is 0 Å². The van der Waals surface area contributed by atoms with Crippen molar-refractivity contribution in [1.29, 1.82) is 0 Å². The summed E-state index contributed by atoms with van der Waals surface area (Å²) in [6.07, 6.45) is 3.71. The molecule has 0 amide bonds. The van der Waals surface area contributed by atoms with E-state index in [4.69, 9.17) is 5.11 Å². The predicted molar refractivity (Wildman–Crippen MR) is 108 cm³/mol. The van der Waals surface area contributed by atoms with Gasteiger partial charge in [-0.05, 0) is 71.8 Å². The van der Waals surface area contributed by atoms with Crippen molar-refractivity contribution >= 4 is 17.3 Å². The molecule has 0 saturated heterocycles. The highest BCUT2D eigenvalue weighted by molar-refractivity contribution is 7.12. The average molecular weight is 369 g/mol. The third-order valence-electron chi connectivity index (χ3n) is 6.56. The summed E-state index contributed by atoms with van der Waals surface area (Å²) in [4.78, 5) is 14.2. The molecule has 1 aromatic heterocycles. The highest BCUT2D eigenvalue weighted by atomic mass is 32.1. The topological polar surface area (TPSA) is 37.3 Å². The first-order chi connectivity index (χ1) is 12.1. The molecule has 138 valence electrons. The van der Waals surface area contributed by atoms with Gasteiger partial charge in [-0.2, -0.15) is 0 Å². The van der Waals surface area contributed by atoms with Gasteiger partial charge in [0, 0.05) is 15.7 Å². The van der Waals surface area contributed by atoms with Gasteiger partial charge in [-0.1, -0.05) is 39.8 Å². The van der Waals surface area contributed by atoms with E-state index in [1.165, 1.54) is 30.4 Å². The van der Waals surface area contributed by atoms with Crippen molar-refractivity contribution in [3.8, 4) is 0 Å². The molecule has 0 aliphatic heterocycles. The van der Waals surface area contributed by atoms with Gasteiger partial charge < -0.3 is 5.11 Å². The van der Waals surface area contributed by atoms with Crippen LogP contribution in [0.15, 0.2) is 24.3 Å². The summed E-state index contributed by atoms with van der Waals surface area (Å²) in [5.41, 5.74) is 5.35. The monoisotopic (exact) mass is 368 g/mol. The van der Waals surface area contributed by atoms with Crippen LogP contribution in [0.2, 0.25) is 0 Å². The Morgan fingerprint density at radius 2 is 1.65 bits per heavy atom. The van der Waals surface area contributed by atoms with Crippen molar-refractivity contribution in [2.24, 2.45) is 0 Å². The number of thiophene rings is 1. The molecule has 2 aromatic rings. The Balaban J connectivity index is 1.67. The standard InChI is InChI=1S/C23H28O2S/c1-13-18-20(23(4,5)11-10-22(18,2)3)26-19(13)17-12-16(17)14-6-8-15(9-7-14)21(24)25/h6-9,16-17H,10-12H2,1-5H3,(H,24,25). The molecule has 2 unspecified atom stereocenters. The molecule has 1 fully saturated rings. The Morgan fingerprint density at radius 3 is 2.23 bits per heavy atom. The molecular formula is C23H28O2S. The minimum atomic E-state index is -0.852. The highest BCUT2D eigenvalue weighted by Gasteiger charge is 2.46. The Labute approximate surface area is 160 Å². The van der Waals surface area contributed by atoms with Gasteiger partial charge in [0.2, 0.25) is 0 Å².